The van der Waals surface area contributed by atoms with Gasteiger partial charge in [-0.05, 0) is 31.4 Å². The standard InChI is InChI=1S/C16H18ClN5O4S.ClH/c17-12-8-20-14(21-16(18)19)11-7-9(4-5-10(11)12)27(25,26)22-6-2-1-3-13(22)15(23)24;/h4-5,7-8,13H,1-3,6H2,(H,23,24)(H4,18,19,20,21);1H/t13-;/m1./s1. The molecular formula is C16H19Cl2N5O4S. The zero-order chi connectivity index (χ0) is 19.8. The van der Waals surface area contributed by atoms with E-state index >= 15 is 0 Å². The summed E-state index contributed by atoms with van der Waals surface area (Å²) in [6.07, 6.45) is 2.90. The second-order valence-corrected chi connectivity index (χ2v) is 8.46. The summed E-state index contributed by atoms with van der Waals surface area (Å²) in [5.74, 6) is -1.34. The number of hydrogen-bond acceptors (Lipinski definition) is 5. The number of nitrogens with one attached hydrogen (secondary N) is 2. The van der Waals surface area contributed by atoms with Crippen LogP contribution in [-0.4, -0.2) is 47.3 Å². The number of anilines is 1. The molecule has 1 aliphatic rings. The zero-order valence-corrected chi connectivity index (χ0v) is 16.9. The van der Waals surface area contributed by atoms with Gasteiger partial charge in [0.1, 0.15) is 11.9 Å². The number of nitrogens with zero attached hydrogens (tertiary/aromatic N) is 2. The van der Waals surface area contributed by atoms with Crippen LogP contribution in [0.3, 0.4) is 0 Å². The number of aliphatic carboxylic acids is 1. The summed E-state index contributed by atoms with van der Waals surface area (Å²) in [6, 6.07) is 3.18. The maximum absolute atomic E-state index is 13.1. The van der Waals surface area contributed by atoms with Gasteiger partial charge >= 0.3 is 5.97 Å². The van der Waals surface area contributed by atoms with Crippen molar-refractivity contribution in [3.63, 3.8) is 0 Å². The molecule has 1 fully saturated rings. The predicted molar refractivity (Wildman–Crippen MR) is 109 cm³/mol. The van der Waals surface area contributed by atoms with Crippen LogP contribution in [0.5, 0.6) is 0 Å². The maximum atomic E-state index is 13.1. The summed E-state index contributed by atoms with van der Waals surface area (Å²) in [5, 5.41) is 20.5. The van der Waals surface area contributed by atoms with Gasteiger partial charge in [-0.15, -0.1) is 12.4 Å². The number of carboxylic acids is 1. The first kappa shape index (κ1) is 22.2. The molecule has 1 aliphatic heterocycles. The molecule has 9 nitrogen and oxygen atoms in total. The molecule has 2 heterocycles. The van der Waals surface area contributed by atoms with E-state index in [0.717, 1.165) is 4.31 Å². The fourth-order valence-electron chi connectivity index (χ4n) is 3.15. The fraction of sp³-hybridized carbons (Fsp3) is 0.312. The molecule has 1 atom stereocenters. The third kappa shape index (κ3) is 4.14. The van der Waals surface area contributed by atoms with Gasteiger partial charge < -0.3 is 16.2 Å². The molecule has 0 aliphatic carbocycles. The number of nitrogens with two attached hydrogens (primary N) is 1. The fourth-order valence-corrected chi connectivity index (χ4v) is 5.04. The van der Waals surface area contributed by atoms with E-state index in [2.05, 4.69) is 10.3 Å². The van der Waals surface area contributed by atoms with Gasteiger partial charge in [-0.2, -0.15) is 4.31 Å². The number of piperidine rings is 1. The Balaban J connectivity index is 0.00000280. The number of carboxylic acid groups (broad SMARTS) is 1. The van der Waals surface area contributed by atoms with Crippen molar-refractivity contribution in [3.8, 4) is 0 Å². The molecule has 2 aromatic rings. The van der Waals surface area contributed by atoms with E-state index in [9.17, 15) is 18.3 Å². The number of aromatic nitrogens is 1. The van der Waals surface area contributed by atoms with Gasteiger partial charge in [0, 0.05) is 23.5 Å². The van der Waals surface area contributed by atoms with Crippen molar-refractivity contribution in [2.45, 2.75) is 30.2 Å². The van der Waals surface area contributed by atoms with Crippen LogP contribution in [0.2, 0.25) is 5.02 Å². The summed E-state index contributed by atoms with van der Waals surface area (Å²) in [4.78, 5) is 15.5. The van der Waals surface area contributed by atoms with Crippen molar-refractivity contribution in [1.82, 2.24) is 9.29 Å². The highest BCUT2D eigenvalue weighted by Crippen LogP contribution is 2.32. The number of benzene rings is 1. The third-order valence-electron chi connectivity index (χ3n) is 4.41. The van der Waals surface area contributed by atoms with Crippen LogP contribution in [-0.2, 0) is 14.8 Å². The molecule has 0 bridgehead atoms. The number of rotatable bonds is 4. The molecule has 1 saturated heterocycles. The first-order valence-corrected chi connectivity index (χ1v) is 9.97. The Hall–Kier alpha value is -2.14. The maximum Gasteiger partial charge on any atom is 0.322 e. The third-order valence-corrected chi connectivity index (χ3v) is 6.61. The van der Waals surface area contributed by atoms with Crippen LogP contribution in [0.1, 0.15) is 19.3 Å². The Labute approximate surface area is 172 Å². The molecule has 1 aromatic heterocycles. The largest absolute Gasteiger partial charge is 0.480 e. The Morgan fingerprint density at radius 3 is 2.71 bits per heavy atom. The summed E-state index contributed by atoms with van der Waals surface area (Å²) in [6.45, 7) is 0.143. The van der Waals surface area contributed by atoms with E-state index in [1.165, 1.54) is 24.4 Å². The lowest BCUT2D eigenvalue weighted by Gasteiger charge is -2.31. The van der Waals surface area contributed by atoms with Crippen LogP contribution in [0.4, 0.5) is 5.82 Å². The van der Waals surface area contributed by atoms with E-state index < -0.39 is 22.0 Å². The molecule has 0 spiro atoms. The van der Waals surface area contributed by atoms with Crippen molar-refractivity contribution in [2.75, 3.05) is 11.9 Å². The molecule has 1 aromatic carbocycles. The lowest BCUT2D eigenvalue weighted by atomic mass is 10.1. The van der Waals surface area contributed by atoms with Crippen LogP contribution in [0, 0.1) is 5.41 Å². The Morgan fingerprint density at radius 1 is 1.36 bits per heavy atom. The van der Waals surface area contributed by atoms with Gasteiger partial charge in [0.2, 0.25) is 10.0 Å². The topological polar surface area (TPSA) is 149 Å². The van der Waals surface area contributed by atoms with E-state index in [1.54, 1.807) is 0 Å². The van der Waals surface area contributed by atoms with Crippen molar-refractivity contribution >= 4 is 62.6 Å². The molecule has 0 saturated carbocycles. The summed E-state index contributed by atoms with van der Waals surface area (Å²) >= 11 is 6.13. The molecule has 0 radical (unpaired) electrons. The Kier molecular flexibility index (Phi) is 6.71. The summed E-state index contributed by atoms with van der Waals surface area (Å²) in [5.41, 5.74) is 5.35. The molecule has 152 valence electrons. The average Bonchev–Trinajstić information content (AvgIpc) is 2.63. The Bertz CT molecular complexity index is 1030. The number of pyridine rings is 1. The predicted octanol–water partition coefficient (Wildman–Crippen LogP) is 2.24. The number of hydrogen-bond donors (Lipinski definition) is 4. The highest BCUT2D eigenvalue weighted by Gasteiger charge is 2.37. The zero-order valence-electron chi connectivity index (χ0n) is 14.6. The van der Waals surface area contributed by atoms with Crippen molar-refractivity contribution in [1.29, 1.82) is 5.41 Å². The van der Waals surface area contributed by atoms with Crippen LogP contribution < -0.4 is 11.1 Å². The molecule has 3 rings (SSSR count). The summed E-state index contributed by atoms with van der Waals surface area (Å²) in [7, 11) is -4.04. The minimum atomic E-state index is -4.04. The van der Waals surface area contributed by atoms with Crippen molar-refractivity contribution in [2.24, 2.45) is 5.73 Å². The first-order chi connectivity index (χ1) is 12.7. The normalized spacial score (nSPS) is 17.7. The van der Waals surface area contributed by atoms with Gasteiger partial charge in [0.05, 0.1) is 9.92 Å². The molecule has 0 unspecified atom stereocenters. The molecular weight excluding hydrogens is 429 g/mol. The van der Waals surface area contributed by atoms with Crippen LogP contribution in [0.25, 0.3) is 10.8 Å². The second-order valence-electron chi connectivity index (χ2n) is 6.17. The van der Waals surface area contributed by atoms with Gasteiger partial charge in [0.15, 0.2) is 5.96 Å². The van der Waals surface area contributed by atoms with Crippen LogP contribution >= 0.6 is 24.0 Å². The van der Waals surface area contributed by atoms with Crippen molar-refractivity contribution in [3.05, 3.63) is 29.4 Å². The number of sulfonamides is 1. The lowest BCUT2D eigenvalue weighted by molar-refractivity contribution is -0.142. The van der Waals surface area contributed by atoms with E-state index in [-0.39, 0.29) is 42.0 Å². The lowest BCUT2D eigenvalue weighted by Crippen LogP contribution is -2.47. The van der Waals surface area contributed by atoms with Gasteiger partial charge in [-0.1, -0.05) is 17.7 Å². The smallest absolute Gasteiger partial charge is 0.322 e. The highest BCUT2D eigenvalue weighted by atomic mass is 35.5. The van der Waals surface area contributed by atoms with E-state index in [0.29, 0.717) is 28.6 Å². The minimum Gasteiger partial charge on any atom is -0.480 e. The average molecular weight is 448 g/mol. The molecule has 28 heavy (non-hydrogen) atoms. The Morgan fingerprint density at radius 2 is 2.07 bits per heavy atom. The SMILES string of the molecule is Cl.N=C(N)Nc1ncc(Cl)c2ccc(S(=O)(=O)N3CCCC[C@@H]3C(=O)O)cc12. The number of guanidine groups is 1. The number of fused-ring (bicyclic) bond motifs is 1. The van der Waals surface area contributed by atoms with Gasteiger partial charge in [-0.3, -0.25) is 10.2 Å². The quantitative estimate of drug-likeness (QED) is 0.414. The highest BCUT2D eigenvalue weighted by molar-refractivity contribution is 7.89. The van der Waals surface area contributed by atoms with Crippen molar-refractivity contribution < 1.29 is 18.3 Å². The first-order valence-electron chi connectivity index (χ1n) is 8.16. The van der Waals surface area contributed by atoms with Crippen LogP contribution in [0.15, 0.2) is 29.3 Å². The minimum absolute atomic E-state index is 0. The van der Waals surface area contributed by atoms with Gasteiger partial charge in [0.25, 0.3) is 0 Å². The monoisotopic (exact) mass is 447 g/mol. The number of halogens is 2. The van der Waals surface area contributed by atoms with E-state index in [1.807, 2.05) is 0 Å². The van der Waals surface area contributed by atoms with E-state index in [4.69, 9.17) is 22.7 Å². The molecule has 5 N–H and O–H groups in total. The second kappa shape index (κ2) is 8.48. The number of carbonyl (C=O) groups is 1. The summed E-state index contributed by atoms with van der Waals surface area (Å²) < 4.78 is 27.2. The van der Waals surface area contributed by atoms with Gasteiger partial charge in [-0.25, -0.2) is 13.4 Å². The molecule has 0 amide bonds. The molecule has 12 heteroatoms.